The van der Waals surface area contributed by atoms with Crippen LogP contribution in [0.15, 0.2) is 12.3 Å². The Morgan fingerprint density at radius 1 is 1.38 bits per heavy atom. The molecule has 0 unspecified atom stereocenters. The Morgan fingerprint density at radius 2 is 2.12 bits per heavy atom. The fraction of sp³-hybridized carbons (Fsp3) is 0.636. The van der Waals surface area contributed by atoms with Crippen LogP contribution in [0.25, 0.3) is 0 Å². The summed E-state index contributed by atoms with van der Waals surface area (Å²) in [6, 6.07) is 1.78. The first-order chi connectivity index (χ1) is 7.51. The summed E-state index contributed by atoms with van der Waals surface area (Å²) < 4.78 is 0. The largest absolute Gasteiger partial charge is 0.389 e. The first kappa shape index (κ1) is 12.7. The lowest BCUT2D eigenvalue weighted by atomic mass is 10.1. The van der Waals surface area contributed by atoms with Gasteiger partial charge >= 0.3 is 0 Å². The van der Waals surface area contributed by atoms with Crippen LogP contribution in [0.2, 0.25) is 0 Å². The van der Waals surface area contributed by atoms with E-state index in [4.69, 9.17) is 0 Å². The zero-order chi connectivity index (χ0) is 12.0. The highest BCUT2D eigenvalue weighted by Gasteiger charge is 2.11. The number of rotatable bonds is 6. The maximum atomic E-state index is 9.57. The van der Waals surface area contributed by atoms with Gasteiger partial charge < -0.3 is 15.7 Å². The van der Waals surface area contributed by atoms with Crippen molar-refractivity contribution in [1.29, 1.82) is 0 Å². The van der Waals surface area contributed by atoms with Crippen LogP contribution < -0.4 is 10.6 Å². The molecule has 0 amide bonds. The second kappa shape index (κ2) is 5.65. The number of anilines is 2. The van der Waals surface area contributed by atoms with Crippen LogP contribution in [-0.2, 0) is 0 Å². The first-order valence-electron chi connectivity index (χ1n) is 5.54. The molecule has 0 bridgehead atoms. The van der Waals surface area contributed by atoms with Gasteiger partial charge in [0.25, 0.3) is 0 Å². The van der Waals surface area contributed by atoms with Crippen molar-refractivity contribution < 1.29 is 5.11 Å². The smallest absolute Gasteiger partial charge is 0.224 e. The van der Waals surface area contributed by atoms with Gasteiger partial charge in [-0.3, -0.25) is 0 Å². The molecule has 0 saturated heterocycles. The van der Waals surface area contributed by atoms with Gasteiger partial charge in [0.2, 0.25) is 5.95 Å². The van der Waals surface area contributed by atoms with Gasteiger partial charge in [0.1, 0.15) is 5.82 Å². The molecule has 16 heavy (non-hydrogen) atoms. The molecule has 5 nitrogen and oxygen atoms in total. The molecular weight excluding hydrogens is 204 g/mol. The summed E-state index contributed by atoms with van der Waals surface area (Å²) >= 11 is 0. The molecule has 1 aromatic heterocycles. The Hall–Kier alpha value is -1.36. The molecule has 0 radical (unpaired) electrons. The minimum absolute atomic E-state index is 0.456. The van der Waals surface area contributed by atoms with E-state index in [0.29, 0.717) is 12.5 Å². The molecule has 0 spiro atoms. The maximum absolute atomic E-state index is 9.57. The molecule has 5 heteroatoms. The van der Waals surface area contributed by atoms with Crippen molar-refractivity contribution in [3.8, 4) is 0 Å². The molecule has 0 atom stereocenters. The van der Waals surface area contributed by atoms with E-state index in [-0.39, 0.29) is 0 Å². The average molecular weight is 224 g/mol. The van der Waals surface area contributed by atoms with Gasteiger partial charge in [-0.2, -0.15) is 4.98 Å². The Kier molecular flexibility index (Phi) is 4.49. The van der Waals surface area contributed by atoms with Gasteiger partial charge in [0.15, 0.2) is 0 Å². The summed E-state index contributed by atoms with van der Waals surface area (Å²) in [4.78, 5) is 8.37. The Balaban J connectivity index is 2.53. The molecule has 0 aliphatic rings. The number of aliphatic hydroxyl groups is 1. The quantitative estimate of drug-likeness (QED) is 0.683. The number of nitrogens with zero attached hydrogens (tertiary/aromatic N) is 2. The van der Waals surface area contributed by atoms with E-state index >= 15 is 0 Å². The summed E-state index contributed by atoms with van der Waals surface area (Å²) in [6.45, 7) is 6.89. The van der Waals surface area contributed by atoms with E-state index in [1.54, 1.807) is 26.1 Å². The third-order valence-corrected chi connectivity index (χ3v) is 1.89. The number of nitrogens with one attached hydrogen (secondary N) is 2. The van der Waals surface area contributed by atoms with Gasteiger partial charge in [-0.1, -0.05) is 6.92 Å². The maximum Gasteiger partial charge on any atom is 0.224 e. The lowest BCUT2D eigenvalue weighted by molar-refractivity contribution is 0.0944. The Bertz CT molecular complexity index is 322. The average Bonchev–Trinajstić information content (AvgIpc) is 2.23. The first-order valence-corrected chi connectivity index (χ1v) is 5.54. The predicted octanol–water partition coefficient (Wildman–Crippen LogP) is 1.48. The highest BCUT2D eigenvalue weighted by Crippen LogP contribution is 2.08. The fourth-order valence-electron chi connectivity index (χ4n) is 1.09. The number of hydrogen-bond donors (Lipinski definition) is 3. The van der Waals surface area contributed by atoms with E-state index < -0.39 is 5.60 Å². The second-order valence-electron chi connectivity index (χ2n) is 4.36. The summed E-state index contributed by atoms with van der Waals surface area (Å²) in [5, 5.41) is 15.7. The Morgan fingerprint density at radius 3 is 2.75 bits per heavy atom. The van der Waals surface area contributed by atoms with Crippen molar-refractivity contribution in [3.05, 3.63) is 12.3 Å². The zero-order valence-corrected chi connectivity index (χ0v) is 10.1. The van der Waals surface area contributed by atoms with Crippen LogP contribution in [0.5, 0.6) is 0 Å². The fourth-order valence-corrected chi connectivity index (χ4v) is 1.09. The number of hydrogen-bond acceptors (Lipinski definition) is 5. The zero-order valence-electron chi connectivity index (χ0n) is 10.1. The summed E-state index contributed by atoms with van der Waals surface area (Å²) in [6.07, 6.45) is 2.72. The van der Waals surface area contributed by atoms with Gasteiger partial charge in [0.05, 0.1) is 5.60 Å². The summed E-state index contributed by atoms with van der Waals surface area (Å²) in [5.74, 6) is 1.33. The van der Waals surface area contributed by atoms with Crippen molar-refractivity contribution >= 4 is 11.8 Å². The predicted molar refractivity (Wildman–Crippen MR) is 65.6 cm³/mol. The van der Waals surface area contributed by atoms with Crippen molar-refractivity contribution in [3.63, 3.8) is 0 Å². The molecule has 0 aliphatic heterocycles. The van der Waals surface area contributed by atoms with Gasteiger partial charge in [-0.25, -0.2) is 4.98 Å². The highest BCUT2D eigenvalue weighted by atomic mass is 16.3. The van der Waals surface area contributed by atoms with Crippen LogP contribution in [0.4, 0.5) is 11.8 Å². The van der Waals surface area contributed by atoms with Crippen LogP contribution >= 0.6 is 0 Å². The number of aromatic nitrogens is 2. The van der Waals surface area contributed by atoms with Crippen LogP contribution in [0.3, 0.4) is 0 Å². The van der Waals surface area contributed by atoms with E-state index in [0.717, 1.165) is 18.8 Å². The normalized spacial score (nSPS) is 11.2. The molecule has 1 aromatic rings. The Labute approximate surface area is 96.3 Å². The van der Waals surface area contributed by atoms with Crippen molar-refractivity contribution in [2.75, 3.05) is 23.7 Å². The molecule has 1 rings (SSSR count). The molecule has 3 N–H and O–H groups in total. The molecular formula is C11H20N4O. The summed E-state index contributed by atoms with van der Waals surface area (Å²) in [5.41, 5.74) is -0.748. The second-order valence-corrected chi connectivity index (χ2v) is 4.36. The standard InChI is InChI=1S/C11H20N4O/c1-4-6-12-10-13-7-5-9(15-10)14-8-11(2,3)16/h5,7,16H,4,6,8H2,1-3H3,(H2,12,13,14,15). The molecule has 0 aliphatic carbocycles. The topological polar surface area (TPSA) is 70.1 Å². The lowest BCUT2D eigenvalue weighted by Crippen LogP contribution is -2.29. The molecule has 0 aromatic carbocycles. The van der Waals surface area contributed by atoms with Crippen LogP contribution in [0, 0.1) is 0 Å². The van der Waals surface area contributed by atoms with E-state index in [9.17, 15) is 5.11 Å². The van der Waals surface area contributed by atoms with Gasteiger partial charge in [-0.15, -0.1) is 0 Å². The minimum Gasteiger partial charge on any atom is -0.389 e. The van der Waals surface area contributed by atoms with Crippen molar-refractivity contribution in [2.45, 2.75) is 32.8 Å². The van der Waals surface area contributed by atoms with Crippen LogP contribution in [-0.4, -0.2) is 33.8 Å². The molecule has 0 fully saturated rings. The highest BCUT2D eigenvalue weighted by molar-refractivity contribution is 5.39. The molecule has 1 heterocycles. The van der Waals surface area contributed by atoms with Gasteiger partial charge in [-0.05, 0) is 26.3 Å². The van der Waals surface area contributed by atoms with E-state index in [2.05, 4.69) is 27.5 Å². The third-order valence-electron chi connectivity index (χ3n) is 1.89. The van der Waals surface area contributed by atoms with Crippen molar-refractivity contribution in [1.82, 2.24) is 9.97 Å². The van der Waals surface area contributed by atoms with Crippen molar-refractivity contribution in [2.24, 2.45) is 0 Å². The SMILES string of the molecule is CCCNc1nccc(NCC(C)(C)O)n1. The molecule has 90 valence electrons. The monoisotopic (exact) mass is 224 g/mol. The van der Waals surface area contributed by atoms with Gasteiger partial charge in [0, 0.05) is 19.3 Å². The summed E-state index contributed by atoms with van der Waals surface area (Å²) in [7, 11) is 0. The third kappa shape index (κ3) is 4.93. The lowest BCUT2D eigenvalue weighted by Gasteiger charge is -2.18. The molecule has 0 saturated carbocycles. The van der Waals surface area contributed by atoms with E-state index in [1.165, 1.54) is 0 Å². The van der Waals surface area contributed by atoms with Crippen LogP contribution in [0.1, 0.15) is 27.2 Å². The van der Waals surface area contributed by atoms with E-state index in [1.807, 2.05) is 0 Å². The minimum atomic E-state index is -0.748.